The van der Waals surface area contributed by atoms with Crippen molar-refractivity contribution in [3.63, 3.8) is 0 Å². The third kappa shape index (κ3) is 3.21. The highest BCUT2D eigenvalue weighted by molar-refractivity contribution is 7.89. The van der Waals surface area contributed by atoms with Crippen molar-refractivity contribution < 1.29 is 8.42 Å². The molecule has 6 nitrogen and oxygen atoms in total. The van der Waals surface area contributed by atoms with E-state index in [1.54, 1.807) is 7.05 Å². The summed E-state index contributed by atoms with van der Waals surface area (Å²) in [5.74, 6) is 0.0175. The van der Waals surface area contributed by atoms with E-state index in [1.165, 1.54) is 10.9 Å². The van der Waals surface area contributed by atoms with E-state index in [0.29, 0.717) is 6.54 Å². The fourth-order valence-corrected chi connectivity index (χ4v) is 2.47. The first-order chi connectivity index (χ1) is 7.12. The largest absolute Gasteiger partial charge is 0.381 e. The van der Waals surface area contributed by atoms with E-state index in [1.807, 2.05) is 20.8 Å². The highest BCUT2D eigenvalue weighted by Crippen LogP contribution is 2.17. The number of nitrogens with two attached hydrogens (primary N) is 1. The number of nitrogens with one attached hydrogen (secondary N) is 1. The van der Waals surface area contributed by atoms with Gasteiger partial charge < -0.3 is 5.73 Å². The zero-order valence-electron chi connectivity index (χ0n) is 9.98. The van der Waals surface area contributed by atoms with Crippen molar-refractivity contribution in [1.29, 1.82) is 0 Å². The smallest absolute Gasteiger partial charge is 0.245 e. The number of aromatic nitrogens is 2. The van der Waals surface area contributed by atoms with Crippen LogP contribution in [0.3, 0.4) is 0 Å². The van der Waals surface area contributed by atoms with Gasteiger partial charge in [-0.1, -0.05) is 20.8 Å². The lowest BCUT2D eigenvalue weighted by molar-refractivity contribution is 0.407. The highest BCUT2D eigenvalue weighted by atomic mass is 32.2. The van der Waals surface area contributed by atoms with Crippen LogP contribution in [-0.4, -0.2) is 24.7 Å². The number of nitrogen functional groups attached to an aromatic ring is 1. The molecule has 0 aliphatic heterocycles. The predicted octanol–water partition coefficient (Wildman–Crippen LogP) is 0.327. The Kier molecular flexibility index (Phi) is 3.30. The Balaban J connectivity index is 2.91. The summed E-state index contributed by atoms with van der Waals surface area (Å²) >= 11 is 0. The molecular formula is C9H18N4O2S. The quantitative estimate of drug-likeness (QED) is 0.804. The number of nitrogens with zero attached hydrogens (tertiary/aromatic N) is 2. The van der Waals surface area contributed by atoms with Gasteiger partial charge in [0.1, 0.15) is 4.90 Å². The van der Waals surface area contributed by atoms with Crippen molar-refractivity contribution in [2.24, 2.45) is 12.5 Å². The van der Waals surface area contributed by atoms with Crippen LogP contribution >= 0.6 is 0 Å². The second-order valence-corrected chi connectivity index (χ2v) is 6.67. The van der Waals surface area contributed by atoms with Crippen molar-refractivity contribution in [1.82, 2.24) is 14.5 Å². The average molecular weight is 246 g/mol. The average Bonchev–Trinajstić information content (AvgIpc) is 2.42. The van der Waals surface area contributed by atoms with E-state index in [4.69, 9.17) is 5.73 Å². The van der Waals surface area contributed by atoms with Crippen LogP contribution in [0.1, 0.15) is 20.8 Å². The third-order valence-electron chi connectivity index (χ3n) is 1.90. The molecule has 92 valence electrons. The molecule has 1 aromatic heterocycles. The minimum absolute atomic E-state index is 0.0175. The van der Waals surface area contributed by atoms with Gasteiger partial charge in [-0.05, 0) is 5.41 Å². The van der Waals surface area contributed by atoms with E-state index in [-0.39, 0.29) is 16.1 Å². The Labute approximate surface area is 95.9 Å². The number of rotatable bonds is 3. The maximum Gasteiger partial charge on any atom is 0.245 e. The Hall–Kier alpha value is -1.08. The SMILES string of the molecule is Cn1cc(S(=O)(=O)NCC(C)(C)C)c(N)n1. The monoisotopic (exact) mass is 246 g/mol. The Morgan fingerprint density at radius 1 is 1.50 bits per heavy atom. The van der Waals surface area contributed by atoms with Gasteiger partial charge in [0, 0.05) is 19.8 Å². The molecule has 0 aliphatic rings. The van der Waals surface area contributed by atoms with Gasteiger partial charge >= 0.3 is 0 Å². The van der Waals surface area contributed by atoms with E-state index in [0.717, 1.165) is 0 Å². The molecule has 0 atom stereocenters. The van der Waals surface area contributed by atoms with Crippen molar-refractivity contribution in [3.8, 4) is 0 Å². The van der Waals surface area contributed by atoms with Crippen LogP contribution in [0, 0.1) is 5.41 Å². The number of hydrogen-bond acceptors (Lipinski definition) is 4. The topological polar surface area (TPSA) is 90.0 Å². The summed E-state index contributed by atoms with van der Waals surface area (Å²) in [5.41, 5.74) is 5.39. The van der Waals surface area contributed by atoms with E-state index < -0.39 is 10.0 Å². The van der Waals surface area contributed by atoms with Crippen LogP contribution in [0.25, 0.3) is 0 Å². The van der Waals surface area contributed by atoms with Crippen LogP contribution in [0.5, 0.6) is 0 Å². The molecule has 16 heavy (non-hydrogen) atoms. The molecule has 1 rings (SSSR count). The molecule has 0 saturated heterocycles. The minimum atomic E-state index is -3.56. The zero-order valence-corrected chi connectivity index (χ0v) is 10.8. The molecule has 1 aromatic rings. The molecule has 0 radical (unpaired) electrons. The summed E-state index contributed by atoms with van der Waals surface area (Å²) in [5, 5.41) is 3.80. The molecule has 0 bridgehead atoms. The van der Waals surface area contributed by atoms with Gasteiger partial charge in [0.05, 0.1) is 0 Å². The molecule has 0 spiro atoms. The summed E-state index contributed by atoms with van der Waals surface area (Å²) in [7, 11) is -1.94. The van der Waals surface area contributed by atoms with Crippen molar-refractivity contribution in [2.75, 3.05) is 12.3 Å². The highest BCUT2D eigenvalue weighted by Gasteiger charge is 2.22. The second-order valence-electron chi connectivity index (χ2n) is 4.94. The predicted molar refractivity (Wildman–Crippen MR) is 62.3 cm³/mol. The maximum atomic E-state index is 11.9. The van der Waals surface area contributed by atoms with Gasteiger partial charge in [0.2, 0.25) is 10.0 Å². The lowest BCUT2D eigenvalue weighted by Gasteiger charge is -2.18. The van der Waals surface area contributed by atoms with Crippen molar-refractivity contribution >= 4 is 15.8 Å². The summed E-state index contributed by atoms with van der Waals surface area (Å²) in [6.45, 7) is 6.19. The number of sulfonamides is 1. The zero-order chi connectivity index (χ0) is 12.6. The minimum Gasteiger partial charge on any atom is -0.381 e. The first-order valence-electron chi connectivity index (χ1n) is 4.91. The van der Waals surface area contributed by atoms with E-state index in [9.17, 15) is 8.42 Å². The maximum absolute atomic E-state index is 11.9. The number of anilines is 1. The van der Waals surface area contributed by atoms with Crippen molar-refractivity contribution in [2.45, 2.75) is 25.7 Å². The van der Waals surface area contributed by atoms with Gasteiger partial charge in [-0.25, -0.2) is 13.1 Å². The molecule has 0 aliphatic carbocycles. The molecule has 1 heterocycles. The molecular weight excluding hydrogens is 228 g/mol. The molecule has 3 N–H and O–H groups in total. The van der Waals surface area contributed by atoms with Gasteiger partial charge in [-0.2, -0.15) is 5.10 Å². The first kappa shape index (κ1) is 13.0. The lowest BCUT2D eigenvalue weighted by atomic mass is 9.98. The molecule has 0 amide bonds. The Bertz CT molecular complexity index is 470. The molecule has 7 heteroatoms. The molecule has 0 fully saturated rings. The van der Waals surface area contributed by atoms with Crippen LogP contribution in [-0.2, 0) is 17.1 Å². The fourth-order valence-electron chi connectivity index (χ4n) is 1.08. The normalized spacial score (nSPS) is 13.0. The lowest BCUT2D eigenvalue weighted by Crippen LogP contribution is -2.32. The van der Waals surface area contributed by atoms with Crippen LogP contribution < -0.4 is 10.5 Å². The number of hydrogen-bond donors (Lipinski definition) is 2. The van der Waals surface area contributed by atoms with Crippen molar-refractivity contribution in [3.05, 3.63) is 6.20 Å². The van der Waals surface area contributed by atoms with E-state index in [2.05, 4.69) is 9.82 Å². The van der Waals surface area contributed by atoms with E-state index >= 15 is 0 Å². The van der Waals surface area contributed by atoms with Crippen LogP contribution in [0.4, 0.5) is 5.82 Å². The number of aryl methyl sites for hydroxylation is 1. The fraction of sp³-hybridized carbons (Fsp3) is 0.667. The summed E-state index contributed by atoms with van der Waals surface area (Å²) in [6.07, 6.45) is 1.39. The van der Waals surface area contributed by atoms with Crippen LogP contribution in [0.2, 0.25) is 0 Å². The second kappa shape index (κ2) is 4.06. The summed E-state index contributed by atoms with van der Waals surface area (Å²) < 4.78 is 27.6. The van der Waals surface area contributed by atoms with Gasteiger partial charge in [0.25, 0.3) is 0 Å². The molecule has 0 saturated carbocycles. The standard InChI is InChI=1S/C9H18N4O2S/c1-9(2,3)6-11-16(14,15)7-5-13(4)12-8(7)10/h5,11H,6H2,1-4H3,(H2,10,12). The summed E-state index contributed by atoms with van der Waals surface area (Å²) in [4.78, 5) is 0.0271. The van der Waals surface area contributed by atoms with Crippen LogP contribution in [0.15, 0.2) is 11.1 Å². The Morgan fingerprint density at radius 2 is 2.06 bits per heavy atom. The first-order valence-corrected chi connectivity index (χ1v) is 6.39. The Morgan fingerprint density at radius 3 is 2.44 bits per heavy atom. The summed E-state index contributed by atoms with van der Waals surface area (Å²) in [6, 6.07) is 0. The van der Waals surface area contributed by atoms with Gasteiger partial charge in [-0.3, -0.25) is 4.68 Å². The third-order valence-corrected chi connectivity index (χ3v) is 3.32. The molecule has 0 aromatic carbocycles. The van der Waals surface area contributed by atoms with Gasteiger partial charge in [-0.15, -0.1) is 0 Å². The molecule has 0 unspecified atom stereocenters. The van der Waals surface area contributed by atoms with Gasteiger partial charge in [0.15, 0.2) is 5.82 Å².